The van der Waals surface area contributed by atoms with E-state index in [0.717, 1.165) is 6.42 Å². The number of hydrogen-bond donors (Lipinski definition) is 0. The van der Waals surface area contributed by atoms with Crippen molar-refractivity contribution in [3.05, 3.63) is 68.1 Å². The minimum Gasteiger partial charge on any atom is -0.0619 e. The smallest absolute Gasteiger partial charge is 0.0210 e. The van der Waals surface area contributed by atoms with Crippen molar-refractivity contribution >= 4 is 31.9 Å². The summed E-state index contributed by atoms with van der Waals surface area (Å²) in [6, 6.07) is 14.9. The maximum atomic E-state index is 3.58. The zero-order valence-electron chi connectivity index (χ0n) is 9.00. The Kier molecular flexibility index (Phi) is 3.82. The van der Waals surface area contributed by atoms with E-state index in [2.05, 4.69) is 75.2 Å². The third-order valence-electron chi connectivity index (χ3n) is 2.59. The van der Waals surface area contributed by atoms with Gasteiger partial charge in [0.15, 0.2) is 0 Å². The molecule has 82 valence electrons. The van der Waals surface area contributed by atoms with E-state index in [-0.39, 0.29) is 0 Å². The summed E-state index contributed by atoms with van der Waals surface area (Å²) < 4.78 is 2.35. The van der Waals surface area contributed by atoms with Gasteiger partial charge >= 0.3 is 0 Å². The molecule has 2 rings (SSSR count). The van der Waals surface area contributed by atoms with Crippen LogP contribution in [0.3, 0.4) is 0 Å². The Morgan fingerprint density at radius 3 is 2.38 bits per heavy atom. The Hall–Kier alpha value is -0.600. The van der Waals surface area contributed by atoms with E-state index in [1.165, 1.54) is 25.6 Å². The average molecular weight is 340 g/mol. The molecule has 0 amide bonds. The molecule has 0 spiro atoms. The Balaban J connectivity index is 2.28. The van der Waals surface area contributed by atoms with Gasteiger partial charge in [0.1, 0.15) is 0 Å². The van der Waals surface area contributed by atoms with Gasteiger partial charge in [0.25, 0.3) is 0 Å². The van der Waals surface area contributed by atoms with Crippen LogP contribution in [0.2, 0.25) is 0 Å². The lowest BCUT2D eigenvalue weighted by Gasteiger charge is -2.06. The summed E-state index contributed by atoms with van der Waals surface area (Å²) in [7, 11) is 0. The van der Waals surface area contributed by atoms with E-state index in [4.69, 9.17) is 0 Å². The second-order valence-electron chi connectivity index (χ2n) is 3.85. The largest absolute Gasteiger partial charge is 0.0619 e. The summed E-state index contributed by atoms with van der Waals surface area (Å²) in [6.45, 7) is 2.10. The van der Waals surface area contributed by atoms with Gasteiger partial charge < -0.3 is 0 Å². The summed E-state index contributed by atoms with van der Waals surface area (Å²) in [5, 5.41) is 0. The third kappa shape index (κ3) is 2.74. The maximum Gasteiger partial charge on any atom is 0.0210 e. The van der Waals surface area contributed by atoms with Gasteiger partial charge in [0.2, 0.25) is 0 Å². The Morgan fingerprint density at radius 1 is 0.938 bits per heavy atom. The number of halogens is 2. The predicted molar refractivity (Wildman–Crippen MR) is 75.8 cm³/mol. The van der Waals surface area contributed by atoms with Crippen LogP contribution in [0.25, 0.3) is 0 Å². The molecule has 0 aromatic heterocycles. The van der Waals surface area contributed by atoms with Crippen LogP contribution in [0, 0.1) is 6.92 Å². The second-order valence-corrected chi connectivity index (χ2v) is 5.56. The van der Waals surface area contributed by atoms with Gasteiger partial charge in [-0.2, -0.15) is 0 Å². The molecule has 0 aliphatic carbocycles. The van der Waals surface area contributed by atoms with Crippen LogP contribution in [-0.4, -0.2) is 0 Å². The molecular formula is C14H12Br2. The summed E-state index contributed by atoms with van der Waals surface area (Å²) in [4.78, 5) is 0. The lowest BCUT2D eigenvalue weighted by atomic mass is 10.0. The monoisotopic (exact) mass is 338 g/mol. The molecule has 2 aromatic rings. The zero-order chi connectivity index (χ0) is 11.5. The molecule has 0 atom stereocenters. The molecule has 0 saturated heterocycles. The van der Waals surface area contributed by atoms with Crippen molar-refractivity contribution in [2.75, 3.05) is 0 Å². The fourth-order valence-corrected chi connectivity index (χ4v) is 2.46. The van der Waals surface area contributed by atoms with Crippen molar-refractivity contribution in [1.82, 2.24) is 0 Å². The standard InChI is InChI=1S/C14H12Br2/c1-10-6-7-11(9-14(10)16)8-12-4-2-3-5-13(12)15/h2-7,9H,8H2,1H3. The van der Waals surface area contributed by atoms with Crippen molar-refractivity contribution in [3.63, 3.8) is 0 Å². The first kappa shape index (κ1) is 11.9. The van der Waals surface area contributed by atoms with Crippen molar-refractivity contribution in [3.8, 4) is 0 Å². The van der Waals surface area contributed by atoms with Crippen molar-refractivity contribution in [2.45, 2.75) is 13.3 Å². The van der Waals surface area contributed by atoms with Gasteiger partial charge in [-0.3, -0.25) is 0 Å². The molecule has 0 N–H and O–H groups in total. The van der Waals surface area contributed by atoms with Crippen LogP contribution in [0.1, 0.15) is 16.7 Å². The lowest BCUT2D eigenvalue weighted by molar-refractivity contribution is 1.17. The highest BCUT2D eigenvalue weighted by Crippen LogP contribution is 2.23. The van der Waals surface area contributed by atoms with Crippen molar-refractivity contribution < 1.29 is 0 Å². The Bertz CT molecular complexity index is 504. The number of aryl methyl sites for hydroxylation is 1. The minimum absolute atomic E-state index is 0.959. The molecule has 2 heteroatoms. The van der Waals surface area contributed by atoms with E-state index in [1.807, 2.05) is 6.07 Å². The molecule has 0 aliphatic rings. The van der Waals surface area contributed by atoms with Gasteiger partial charge in [0, 0.05) is 8.95 Å². The van der Waals surface area contributed by atoms with Crippen LogP contribution < -0.4 is 0 Å². The van der Waals surface area contributed by atoms with Gasteiger partial charge in [-0.25, -0.2) is 0 Å². The first-order chi connectivity index (χ1) is 7.66. The molecule has 0 saturated carbocycles. The summed E-state index contributed by atoms with van der Waals surface area (Å²) in [6.07, 6.45) is 0.959. The molecule has 0 fully saturated rings. The highest BCUT2D eigenvalue weighted by atomic mass is 79.9. The first-order valence-corrected chi connectivity index (χ1v) is 6.74. The number of benzene rings is 2. The normalized spacial score (nSPS) is 10.4. The van der Waals surface area contributed by atoms with Gasteiger partial charge in [-0.1, -0.05) is 62.2 Å². The van der Waals surface area contributed by atoms with E-state index in [1.54, 1.807) is 0 Å². The summed E-state index contributed by atoms with van der Waals surface area (Å²) >= 11 is 7.14. The third-order valence-corrected chi connectivity index (χ3v) is 4.22. The van der Waals surface area contributed by atoms with Crippen LogP contribution in [0.5, 0.6) is 0 Å². The van der Waals surface area contributed by atoms with Crippen molar-refractivity contribution in [2.24, 2.45) is 0 Å². The van der Waals surface area contributed by atoms with Crippen LogP contribution >= 0.6 is 31.9 Å². The predicted octanol–water partition coefficient (Wildman–Crippen LogP) is 5.11. The average Bonchev–Trinajstić information content (AvgIpc) is 2.27. The molecule has 2 aromatic carbocycles. The van der Waals surface area contributed by atoms with Crippen molar-refractivity contribution in [1.29, 1.82) is 0 Å². The summed E-state index contributed by atoms with van der Waals surface area (Å²) in [5.41, 5.74) is 3.92. The SMILES string of the molecule is Cc1ccc(Cc2ccccc2Br)cc1Br. The van der Waals surface area contributed by atoms with E-state index in [0.29, 0.717) is 0 Å². The molecule has 0 aliphatic heterocycles. The quantitative estimate of drug-likeness (QED) is 0.713. The molecule has 0 unspecified atom stereocenters. The number of hydrogen-bond acceptors (Lipinski definition) is 0. The highest BCUT2D eigenvalue weighted by molar-refractivity contribution is 9.10. The first-order valence-electron chi connectivity index (χ1n) is 5.15. The van der Waals surface area contributed by atoms with Gasteiger partial charge in [-0.15, -0.1) is 0 Å². The molecule has 16 heavy (non-hydrogen) atoms. The fraction of sp³-hybridized carbons (Fsp3) is 0.143. The van der Waals surface area contributed by atoms with Gasteiger partial charge in [0.05, 0.1) is 0 Å². The Labute approximate surface area is 113 Å². The van der Waals surface area contributed by atoms with Crippen LogP contribution in [0.15, 0.2) is 51.4 Å². The molecule has 0 nitrogen and oxygen atoms in total. The lowest BCUT2D eigenvalue weighted by Crippen LogP contribution is -1.90. The Morgan fingerprint density at radius 2 is 1.69 bits per heavy atom. The zero-order valence-corrected chi connectivity index (χ0v) is 12.2. The molecular weight excluding hydrogens is 328 g/mol. The molecule has 0 bridgehead atoms. The summed E-state index contributed by atoms with van der Waals surface area (Å²) in [5.74, 6) is 0. The minimum atomic E-state index is 0.959. The number of rotatable bonds is 2. The van der Waals surface area contributed by atoms with E-state index < -0.39 is 0 Å². The van der Waals surface area contributed by atoms with Crippen LogP contribution in [-0.2, 0) is 6.42 Å². The second kappa shape index (κ2) is 5.15. The van der Waals surface area contributed by atoms with Gasteiger partial charge in [-0.05, 0) is 42.2 Å². The molecule has 0 radical (unpaired) electrons. The fourth-order valence-electron chi connectivity index (χ4n) is 1.61. The topological polar surface area (TPSA) is 0 Å². The maximum absolute atomic E-state index is 3.58. The highest BCUT2D eigenvalue weighted by Gasteiger charge is 2.02. The van der Waals surface area contributed by atoms with E-state index >= 15 is 0 Å². The van der Waals surface area contributed by atoms with Crippen LogP contribution in [0.4, 0.5) is 0 Å². The molecule has 0 heterocycles. The van der Waals surface area contributed by atoms with E-state index in [9.17, 15) is 0 Å².